The minimum absolute atomic E-state index is 0.0494. The van der Waals surface area contributed by atoms with Gasteiger partial charge < -0.3 is 5.32 Å². The average molecular weight is 453 g/mol. The number of thiophene rings is 1. The van der Waals surface area contributed by atoms with Gasteiger partial charge in [-0.1, -0.05) is 59.8 Å². The Kier molecular flexibility index (Phi) is 7.59. The van der Waals surface area contributed by atoms with Crippen molar-refractivity contribution in [3.63, 3.8) is 0 Å². The summed E-state index contributed by atoms with van der Waals surface area (Å²) < 4.78 is 2.11. The predicted octanol–water partition coefficient (Wildman–Crippen LogP) is 5.54. The molecule has 1 unspecified atom stereocenters. The minimum atomic E-state index is -0.241. The van der Waals surface area contributed by atoms with Crippen LogP contribution in [-0.4, -0.2) is 32.5 Å². The fraction of sp³-hybridized carbons (Fsp3) is 0.375. The van der Waals surface area contributed by atoms with Crippen LogP contribution in [0.3, 0.4) is 0 Å². The molecule has 5 nitrogen and oxygen atoms in total. The smallest absolute Gasteiger partial charge is 0.233 e. The molecule has 0 fully saturated rings. The van der Waals surface area contributed by atoms with E-state index in [9.17, 15) is 4.79 Å². The lowest BCUT2D eigenvalue weighted by molar-refractivity contribution is -0.120. The second-order valence-electron chi connectivity index (χ2n) is 7.76. The molecule has 4 rings (SSSR count). The summed E-state index contributed by atoms with van der Waals surface area (Å²) in [6.45, 7) is 3.31. The molecule has 0 aliphatic heterocycles. The van der Waals surface area contributed by atoms with Crippen LogP contribution in [0.15, 0.2) is 64.7 Å². The summed E-state index contributed by atoms with van der Waals surface area (Å²) in [5, 5.41) is 14.6. The van der Waals surface area contributed by atoms with E-state index in [1.807, 2.05) is 36.6 Å². The maximum absolute atomic E-state index is 12.7. The molecule has 7 heteroatoms. The van der Waals surface area contributed by atoms with Crippen molar-refractivity contribution >= 4 is 29.0 Å². The van der Waals surface area contributed by atoms with Crippen LogP contribution in [0.25, 0.3) is 10.7 Å². The van der Waals surface area contributed by atoms with Crippen LogP contribution in [0.5, 0.6) is 0 Å². The predicted molar refractivity (Wildman–Crippen MR) is 128 cm³/mol. The Bertz CT molecular complexity index is 1010. The van der Waals surface area contributed by atoms with Gasteiger partial charge in [-0.15, -0.1) is 21.5 Å². The summed E-state index contributed by atoms with van der Waals surface area (Å²) in [7, 11) is 0. The third-order valence-electron chi connectivity index (χ3n) is 5.42. The van der Waals surface area contributed by atoms with E-state index in [1.54, 1.807) is 11.3 Å². The summed E-state index contributed by atoms with van der Waals surface area (Å²) in [6, 6.07) is 14.4. The molecule has 1 aliphatic rings. The highest BCUT2D eigenvalue weighted by molar-refractivity contribution is 8.00. The second kappa shape index (κ2) is 10.8. The number of allylic oxidation sites excluding steroid dienone is 1. The van der Waals surface area contributed by atoms with Crippen LogP contribution < -0.4 is 5.32 Å². The van der Waals surface area contributed by atoms with E-state index in [2.05, 4.69) is 44.4 Å². The van der Waals surface area contributed by atoms with Crippen molar-refractivity contribution in [1.82, 2.24) is 20.1 Å². The summed E-state index contributed by atoms with van der Waals surface area (Å²) in [5.74, 6) is 0.895. The Balaban J connectivity index is 1.43. The van der Waals surface area contributed by atoms with Gasteiger partial charge in [0.05, 0.1) is 16.7 Å². The number of carbonyl (C=O) groups excluding carboxylic acids is 1. The number of amides is 1. The number of nitrogens with one attached hydrogen (secondary N) is 1. The third-order valence-corrected chi connectivity index (χ3v) is 7.37. The number of hydrogen-bond acceptors (Lipinski definition) is 5. The zero-order chi connectivity index (χ0) is 21.5. The van der Waals surface area contributed by atoms with Gasteiger partial charge in [0, 0.05) is 6.54 Å². The van der Waals surface area contributed by atoms with Crippen molar-refractivity contribution in [3.05, 3.63) is 65.1 Å². The molecule has 3 aromatic rings. The molecule has 1 amide bonds. The molecular formula is C24H28N4OS2. The van der Waals surface area contributed by atoms with Crippen LogP contribution in [0.1, 0.15) is 44.6 Å². The van der Waals surface area contributed by atoms with E-state index in [0.29, 0.717) is 13.1 Å². The van der Waals surface area contributed by atoms with Gasteiger partial charge in [0.2, 0.25) is 5.91 Å². The molecular weight excluding hydrogens is 424 g/mol. The quantitative estimate of drug-likeness (QED) is 0.342. The molecule has 2 aromatic heterocycles. The molecule has 0 saturated heterocycles. The van der Waals surface area contributed by atoms with Crippen molar-refractivity contribution in [3.8, 4) is 10.7 Å². The summed E-state index contributed by atoms with van der Waals surface area (Å²) >= 11 is 3.12. The van der Waals surface area contributed by atoms with Crippen molar-refractivity contribution in [2.24, 2.45) is 0 Å². The number of hydrogen-bond donors (Lipinski definition) is 1. The van der Waals surface area contributed by atoms with Crippen molar-refractivity contribution < 1.29 is 4.79 Å². The molecule has 1 aliphatic carbocycles. The van der Waals surface area contributed by atoms with Crippen molar-refractivity contribution in [2.45, 2.75) is 56.0 Å². The van der Waals surface area contributed by atoms with Crippen LogP contribution >= 0.6 is 23.1 Å². The third kappa shape index (κ3) is 5.86. The lowest BCUT2D eigenvalue weighted by Gasteiger charge is -2.15. The molecule has 0 bridgehead atoms. The standard InChI is InChI=1S/C24H28N4OS2/c1-18(23(29)25-15-14-19-9-4-2-5-10-19)31-24-27-26-22(21-13-8-16-30-21)28(24)17-20-11-6-3-7-12-20/h3,6-9,11-13,16,18H,2,4-5,10,14-15,17H2,1H3,(H,25,29). The highest BCUT2D eigenvalue weighted by Crippen LogP contribution is 2.30. The monoisotopic (exact) mass is 452 g/mol. The number of nitrogens with zero attached hydrogens (tertiary/aromatic N) is 3. The molecule has 1 aromatic carbocycles. The van der Waals surface area contributed by atoms with Crippen molar-refractivity contribution in [1.29, 1.82) is 0 Å². The fourth-order valence-electron chi connectivity index (χ4n) is 3.71. The highest BCUT2D eigenvalue weighted by Gasteiger charge is 2.21. The highest BCUT2D eigenvalue weighted by atomic mass is 32.2. The first-order chi connectivity index (χ1) is 15.2. The van der Waals surface area contributed by atoms with E-state index in [4.69, 9.17) is 0 Å². The van der Waals surface area contributed by atoms with Gasteiger partial charge in [-0.25, -0.2) is 0 Å². The Morgan fingerprint density at radius 1 is 1.19 bits per heavy atom. The van der Waals surface area contributed by atoms with Gasteiger partial charge in [-0.3, -0.25) is 9.36 Å². The number of rotatable bonds is 9. The van der Waals surface area contributed by atoms with Gasteiger partial charge in [0.25, 0.3) is 0 Å². The zero-order valence-electron chi connectivity index (χ0n) is 17.8. The molecule has 1 N–H and O–H groups in total. The fourth-order valence-corrected chi connectivity index (χ4v) is 5.30. The van der Waals surface area contributed by atoms with Crippen LogP contribution in [0.4, 0.5) is 0 Å². The number of carbonyl (C=O) groups is 1. The Labute approximate surface area is 192 Å². The van der Waals surface area contributed by atoms with Crippen LogP contribution in [0, 0.1) is 0 Å². The second-order valence-corrected chi connectivity index (χ2v) is 10.0. The largest absolute Gasteiger partial charge is 0.355 e. The number of thioether (sulfide) groups is 1. The number of aromatic nitrogens is 3. The molecule has 0 saturated carbocycles. The normalized spacial score (nSPS) is 14.8. The Morgan fingerprint density at radius 3 is 2.81 bits per heavy atom. The minimum Gasteiger partial charge on any atom is -0.355 e. The maximum Gasteiger partial charge on any atom is 0.233 e. The maximum atomic E-state index is 12.7. The van der Waals surface area contributed by atoms with E-state index in [-0.39, 0.29) is 11.2 Å². The van der Waals surface area contributed by atoms with E-state index >= 15 is 0 Å². The van der Waals surface area contributed by atoms with Crippen molar-refractivity contribution in [2.75, 3.05) is 6.54 Å². The lowest BCUT2D eigenvalue weighted by atomic mass is 9.97. The SMILES string of the molecule is CC(Sc1nnc(-c2cccs2)n1Cc1ccccc1)C(=O)NCCC1=CCCCC1. The van der Waals surface area contributed by atoms with E-state index < -0.39 is 0 Å². The summed E-state index contributed by atoms with van der Waals surface area (Å²) in [5.41, 5.74) is 2.66. The van der Waals surface area contributed by atoms with Gasteiger partial charge in [-0.05, 0) is 56.0 Å². The summed E-state index contributed by atoms with van der Waals surface area (Å²) in [4.78, 5) is 13.8. The molecule has 0 spiro atoms. The number of benzene rings is 1. The van der Waals surface area contributed by atoms with Crippen LogP contribution in [0.2, 0.25) is 0 Å². The average Bonchev–Trinajstić information content (AvgIpc) is 3.46. The van der Waals surface area contributed by atoms with Crippen LogP contribution in [-0.2, 0) is 11.3 Å². The van der Waals surface area contributed by atoms with Gasteiger partial charge in [-0.2, -0.15) is 0 Å². The molecule has 1 atom stereocenters. The zero-order valence-corrected chi connectivity index (χ0v) is 19.4. The molecule has 31 heavy (non-hydrogen) atoms. The van der Waals surface area contributed by atoms with Gasteiger partial charge in [0.1, 0.15) is 0 Å². The van der Waals surface area contributed by atoms with Gasteiger partial charge >= 0.3 is 0 Å². The lowest BCUT2D eigenvalue weighted by Crippen LogP contribution is -2.32. The molecule has 0 radical (unpaired) electrons. The first-order valence-corrected chi connectivity index (χ1v) is 12.6. The van der Waals surface area contributed by atoms with E-state index in [0.717, 1.165) is 22.3 Å². The molecule has 162 valence electrons. The Morgan fingerprint density at radius 2 is 2.06 bits per heavy atom. The van der Waals surface area contributed by atoms with E-state index in [1.165, 1.54) is 48.6 Å². The molecule has 2 heterocycles. The first kappa shape index (κ1) is 21.8. The Hall–Kier alpha value is -2.38. The summed E-state index contributed by atoms with van der Waals surface area (Å²) in [6.07, 6.45) is 8.21. The van der Waals surface area contributed by atoms with Gasteiger partial charge in [0.15, 0.2) is 11.0 Å². The topological polar surface area (TPSA) is 59.8 Å². The first-order valence-electron chi connectivity index (χ1n) is 10.8.